The van der Waals surface area contributed by atoms with Crippen molar-refractivity contribution in [2.24, 2.45) is 0 Å². The molecule has 1 amide bonds. The van der Waals surface area contributed by atoms with Crippen LogP contribution in [-0.2, 0) is 14.3 Å². The molecule has 0 unspecified atom stereocenters. The van der Waals surface area contributed by atoms with Gasteiger partial charge in [0.15, 0.2) is 0 Å². The molecule has 1 heterocycles. The second kappa shape index (κ2) is 14.9. The maximum atomic E-state index is 15.6. The Bertz CT molecular complexity index is 1470. The summed E-state index contributed by atoms with van der Waals surface area (Å²) in [5.41, 5.74) is 7.23. The van der Waals surface area contributed by atoms with Crippen molar-refractivity contribution in [3.63, 3.8) is 0 Å². The van der Waals surface area contributed by atoms with Crippen LogP contribution in [0.25, 0.3) is 22.3 Å². The first-order valence-electron chi connectivity index (χ1n) is 13.5. The zero-order valence-electron chi connectivity index (χ0n) is 24.9. The number of halogens is 1. The third-order valence-corrected chi connectivity index (χ3v) is 6.33. The molecule has 9 heteroatoms. The number of aryl methyl sites for hydroxylation is 2. The van der Waals surface area contributed by atoms with Crippen LogP contribution in [0.4, 0.5) is 14.9 Å². The molecular weight excluding hydrogens is 539 g/mol. The summed E-state index contributed by atoms with van der Waals surface area (Å²) in [7, 11) is 0. The van der Waals surface area contributed by atoms with Gasteiger partial charge in [-0.1, -0.05) is 29.4 Å². The van der Waals surface area contributed by atoms with Crippen molar-refractivity contribution in [3.8, 4) is 28.1 Å². The lowest BCUT2D eigenvalue weighted by atomic mass is 9.92. The van der Waals surface area contributed by atoms with Crippen LogP contribution in [-0.4, -0.2) is 48.7 Å². The first kappa shape index (κ1) is 32.0. The zero-order chi connectivity index (χ0) is 30.8. The van der Waals surface area contributed by atoms with E-state index in [1.165, 1.54) is 16.5 Å². The van der Waals surface area contributed by atoms with Crippen LogP contribution in [0.5, 0.6) is 5.88 Å². The fraction of sp³-hybridized carbons (Fsp3) is 0.303. The van der Waals surface area contributed by atoms with Gasteiger partial charge in [-0.2, -0.15) is 0 Å². The molecule has 1 aromatic heterocycles. The molecule has 8 nitrogen and oxygen atoms in total. The van der Waals surface area contributed by atoms with Crippen LogP contribution in [0.15, 0.2) is 72.0 Å². The van der Waals surface area contributed by atoms with Crippen molar-refractivity contribution in [2.45, 2.75) is 41.5 Å². The number of carbonyl (C=O) groups excluding carboxylic acids is 2. The number of pyridine rings is 1. The minimum Gasteiger partial charge on any atom is -0.473 e. The van der Waals surface area contributed by atoms with E-state index in [1.54, 1.807) is 24.4 Å². The maximum Gasteiger partial charge on any atom is 0.417 e. The number of allylic oxidation sites excluding steroid dienone is 2. The van der Waals surface area contributed by atoms with Crippen LogP contribution < -0.4 is 9.64 Å². The molecule has 3 aromatic rings. The van der Waals surface area contributed by atoms with Crippen molar-refractivity contribution in [3.05, 3.63) is 88.9 Å². The number of anilines is 1. The summed E-state index contributed by atoms with van der Waals surface area (Å²) in [5, 5.41) is 8.76. The fourth-order valence-electron chi connectivity index (χ4n) is 4.05. The summed E-state index contributed by atoms with van der Waals surface area (Å²) in [6.45, 7) is 10.7. The Hall–Kier alpha value is -4.50. The normalized spacial score (nSPS) is 10.5. The highest BCUT2D eigenvalue weighted by Gasteiger charge is 2.20. The molecule has 0 atom stereocenters. The number of benzene rings is 2. The van der Waals surface area contributed by atoms with Gasteiger partial charge in [0.2, 0.25) is 12.7 Å². The van der Waals surface area contributed by atoms with E-state index < -0.39 is 31.3 Å². The molecule has 0 radical (unpaired) electrons. The van der Waals surface area contributed by atoms with Crippen molar-refractivity contribution in [1.82, 2.24) is 4.98 Å². The van der Waals surface area contributed by atoms with Gasteiger partial charge in [-0.25, -0.2) is 19.0 Å². The van der Waals surface area contributed by atoms with Crippen molar-refractivity contribution in [1.29, 1.82) is 0 Å². The Balaban J connectivity index is 1.85. The van der Waals surface area contributed by atoms with Crippen LogP contribution in [0, 0.1) is 19.7 Å². The first-order valence-corrected chi connectivity index (χ1v) is 13.5. The summed E-state index contributed by atoms with van der Waals surface area (Å²) in [6.07, 6.45) is 4.71. The molecular formula is C33H37FN2O6. The molecule has 0 fully saturated rings. The molecule has 0 saturated heterocycles. The molecule has 0 aliphatic heterocycles. The summed E-state index contributed by atoms with van der Waals surface area (Å²) in [5.74, 6) is -0.898. The van der Waals surface area contributed by atoms with E-state index in [0.717, 1.165) is 33.4 Å². The quantitative estimate of drug-likeness (QED) is 0.150. The number of aromatic nitrogens is 1. The minimum atomic E-state index is -0.928. The van der Waals surface area contributed by atoms with Crippen molar-refractivity contribution >= 4 is 17.7 Å². The van der Waals surface area contributed by atoms with Gasteiger partial charge >= 0.3 is 12.1 Å². The van der Waals surface area contributed by atoms with E-state index in [-0.39, 0.29) is 12.2 Å². The molecule has 2 aromatic carbocycles. The minimum absolute atomic E-state index is 0.119. The number of carbonyl (C=O) groups is 2. The van der Waals surface area contributed by atoms with Crippen molar-refractivity contribution in [2.75, 3.05) is 31.5 Å². The van der Waals surface area contributed by atoms with Gasteiger partial charge in [-0.3, -0.25) is 4.90 Å². The largest absolute Gasteiger partial charge is 0.473 e. The zero-order valence-corrected chi connectivity index (χ0v) is 24.9. The lowest BCUT2D eigenvalue weighted by Crippen LogP contribution is -2.33. The number of hydrogen-bond acceptors (Lipinski definition) is 7. The Kier molecular flexibility index (Phi) is 11.4. The summed E-state index contributed by atoms with van der Waals surface area (Å²) >= 11 is 0. The van der Waals surface area contributed by atoms with E-state index in [9.17, 15) is 9.59 Å². The highest BCUT2D eigenvalue weighted by atomic mass is 19.1. The molecule has 3 rings (SSSR count). The van der Waals surface area contributed by atoms with E-state index >= 15 is 4.39 Å². The number of esters is 1. The number of amides is 1. The second-order valence-electron chi connectivity index (χ2n) is 10.2. The van der Waals surface area contributed by atoms with E-state index in [1.807, 2.05) is 71.9 Å². The molecule has 0 saturated carbocycles. The molecule has 222 valence electrons. The lowest BCUT2D eigenvalue weighted by Gasteiger charge is -2.22. The van der Waals surface area contributed by atoms with Crippen molar-refractivity contribution < 1.29 is 33.3 Å². The number of hydrogen-bond donors (Lipinski definition) is 1. The number of aliphatic hydroxyl groups excluding tert-OH is 1. The lowest BCUT2D eigenvalue weighted by molar-refractivity contribution is -0.154. The Morgan fingerprint density at radius 2 is 1.60 bits per heavy atom. The smallest absolute Gasteiger partial charge is 0.417 e. The summed E-state index contributed by atoms with van der Waals surface area (Å²) in [6, 6.07) is 12.3. The Morgan fingerprint density at radius 1 is 0.905 bits per heavy atom. The number of aliphatic hydroxyl groups is 1. The van der Waals surface area contributed by atoms with E-state index in [4.69, 9.17) is 14.6 Å². The molecule has 0 aliphatic carbocycles. The summed E-state index contributed by atoms with van der Waals surface area (Å²) < 4.78 is 30.9. The Labute approximate surface area is 246 Å². The SMILES string of the molecule is CC(C)=CCOc1ccc(-c2cc(C)c(-c3ccc(N(CC=C(C)C)C(=O)OCOC(=O)CO)cc3F)cc2C)cn1. The molecule has 1 N–H and O–H groups in total. The third-order valence-electron chi connectivity index (χ3n) is 6.33. The van der Waals surface area contributed by atoms with Crippen LogP contribution in [0.1, 0.15) is 38.8 Å². The van der Waals surface area contributed by atoms with Gasteiger partial charge in [-0.05, 0) is 94.1 Å². The van der Waals surface area contributed by atoms with E-state index in [0.29, 0.717) is 18.1 Å². The average Bonchev–Trinajstić information content (AvgIpc) is 2.94. The standard InChI is InChI=1S/C33H37FN2O6/c1-21(2)11-13-36(33(39)42-20-41-32(38)19-37)26-8-9-27(30(34)17-26)29-16-23(5)28(15-24(29)6)25-7-10-31(35-18-25)40-14-12-22(3)4/h7-12,15-18,37H,13-14,19-20H2,1-6H3. The van der Waals surface area contributed by atoms with Gasteiger partial charge in [0.25, 0.3) is 0 Å². The molecule has 0 spiro atoms. The molecule has 42 heavy (non-hydrogen) atoms. The number of ether oxygens (including phenoxy) is 3. The summed E-state index contributed by atoms with van der Waals surface area (Å²) in [4.78, 5) is 29.5. The third kappa shape index (κ3) is 8.75. The van der Waals surface area contributed by atoms with Gasteiger partial charge in [0.1, 0.15) is 19.0 Å². The maximum absolute atomic E-state index is 15.6. The predicted octanol–water partition coefficient (Wildman–Crippen LogP) is 6.92. The van der Waals surface area contributed by atoms with E-state index in [2.05, 4.69) is 9.72 Å². The van der Waals surface area contributed by atoms with Gasteiger partial charge < -0.3 is 19.3 Å². The van der Waals surface area contributed by atoms with Crippen LogP contribution in [0.3, 0.4) is 0 Å². The highest BCUT2D eigenvalue weighted by molar-refractivity contribution is 5.89. The monoisotopic (exact) mass is 576 g/mol. The van der Waals surface area contributed by atoms with Gasteiger partial charge in [-0.15, -0.1) is 0 Å². The molecule has 0 aliphatic rings. The second-order valence-corrected chi connectivity index (χ2v) is 10.2. The highest BCUT2D eigenvalue weighted by Crippen LogP contribution is 2.34. The number of nitrogens with zero attached hydrogens (tertiary/aromatic N) is 2. The fourth-order valence-corrected chi connectivity index (χ4v) is 4.05. The van der Waals surface area contributed by atoms with Gasteiger partial charge in [0, 0.05) is 29.9 Å². The van der Waals surface area contributed by atoms with Crippen LogP contribution in [0.2, 0.25) is 0 Å². The first-order chi connectivity index (χ1) is 20.0. The predicted molar refractivity (Wildman–Crippen MR) is 161 cm³/mol. The van der Waals surface area contributed by atoms with Crippen LogP contribution >= 0.6 is 0 Å². The average molecular weight is 577 g/mol. The Morgan fingerprint density at radius 3 is 2.21 bits per heavy atom. The van der Waals surface area contributed by atoms with Gasteiger partial charge in [0.05, 0.1) is 5.69 Å². The molecule has 0 bridgehead atoms. The number of rotatable bonds is 11. The topological polar surface area (TPSA) is 98.2 Å².